The van der Waals surface area contributed by atoms with Crippen LogP contribution in [-0.4, -0.2) is 26.0 Å². The predicted molar refractivity (Wildman–Crippen MR) is 57.9 cm³/mol. The van der Waals surface area contributed by atoms with Gasteiger partial charge in [-0.15, -0.1) is 0 Å². The van der Waals surface area contributed by atoms with Crippen molar-refractivity contribution in [3.05, 3.63) is 35.8 Å². The molecule has 2 heterocycles. The molecule has 0 spiro atoms. The van der Waals surface area contributed by atoms with E-state index in [1.54, 1.807) is 13.1 Å². The minimum Gasteiger partial charge on any atom is -0.481 e. The third-order valence-electron chi connectivity index (χ3n) is 2.21. The fourth-order valence-corrected chi connectivity index (χ4v) is 1.44. The van der Waals surface area contributed by atoms with Gasteiger partial charge in [0.05, 0.1) is 12.1 Å². The Morgan fingerprint density at radius 2 is 2.31 bits per heavy atom. The zero-order chi connectivity index (χ0) is 11.5. The van der Waals surface area contributed by atoms with Crippen LogP contribution in [0.15, 0.2) is 24.4 Å². The largest absolute Gasteiger partial charge is 0.481 e. The first-order valence-electron chi connectivity index (χ1n) is 4.85. The predicted octanol–water partition coefficient (Wildman–Crippen LogP) is 1.41. The zero-order valence-corrected chi connectivity index (χ0v) is 8.77. The Hall–Kier alpha value is -2.17. The number of aromatic nitrogens is 3. The first-order valence-corrected chi connectivity index (χ1v) is 4.85. The number of pyridine rings is 1. The number of aliphatic carboxylic acids is 1. The highest BCUT2D eigenvalue weighted by atomic mass is 16.4. The molecule has 0 aliphatic heterocycles. The Morgan fingerprint density at radius 3 is 2.94 bits per heavy atom. The van der Waals surface area contributed by atoms with E-state index in [-0.39, 0.29) is 6.42 Å². The zero-order valence-electron chi connectivity index (χ0n) is 8.77. The number of hydrogen-bond acceptors (Lipinski definition) is 3. The fourth-order valence-electron chi connectivity index (χ4n) is 1.44. The summed E-state index contributed by atoms with van der Waals surface area (Å²) < 4.78 is 0. The molecule has 82 valence electrons. The van der Waals surface area contributed by atoms with Crippen LogP contribution in [0.25, 0.3) is 11.5 Å². The van der Waals surface area contributed by atoms with Crippen LogP contribution in [0.5, 0.6) is 0 Å². The monoisotopic (exact) mass is 217 g/mol. The third kappa shape index (κ3) is 2.08. The number of imidazole rings is 1. The van der Waals surface area contributed by atoms with Crippen molar-refractivity contribution in [1.82, 2.24) is 15.0 Å². The van der Waals surface area contributed by atoms with Crippen LogP contribution in [0.1, 0.15) is 11.4 Å². The molecule has 0 aromatic carbocycles. The summed E-state index contributed by atoms with van der Waals surface area (Å²) in [5.74, 6) is -0.281. The molecule has 0 atom stereocenters. The van der Waals surface area contributed by atoms with Gasteiger partial charge in [-0.3, -0.25) is 9.78 Å². The SMILES string of the molecule is Cc1[nH]c(-c2ccccn2)nc1CC(=O)O. The van der Waals surface area contributed by atoms with Crippen molar-refractivity contribution in [2.75, 3.05) is 0 Å². The molecular formula is C11H11N3O2. The standard InChI is InChI=1S/C11H11N3O2/c1-7-9(6-10(15)16)14-11(13-7)8-4-2-3-5-12-8/h2-5H,6H2,1H3,(H,13,14)(H,15,16). The molecule has 0 aliphatic rings. The Morgan fingerprint density at radius 1 is 1.50 bits per heavy atom. The van der Waals surface area contributed by atoms with Gasteiger partial charge < -0.3 is 10.1 Å². The lowest BCUT2D eigenvalue weighted by Crippen LogP contribution is -2.01. The van der Waals surface area contributed by atoms with Gasteiger partial charge in [-0.2, -0.15) is 0 Å². The number of H-pyrrole nitrogens is 1. The van der Waals surface area contributed by atoms with Crippen molar-refractivity contribution < 1.29 is 9.90 Å². The minimum absolute atomic E-state index is 0.0742. The van der Waals surface area contributed by atoms with Gasteiger partial charge in [0.15, 0.2) is 5.82 Å². The van der Waals surface area contributed by atoms with Crippen LogP contribution < -0.4 is 0 Å². The molecule has 2 aromatic rings. The molecule has 16 heavy (non-hydrogen) atoms. The first-order chi connectivity index (χ1) is 7.66. The smallest absolute Gasteiger partial charge is 0.309 e. The van der Waals surface area contributed by atoms with E-state index in [0.717, 1.165) is 5.69 Å². The van der Waals surface area contributed by atoms with Gasteiger partial charge in [-0.25, -0.2) is 4.98 Å². The lowest BCUT2D eigenvalue weighted by atomic mass is 10.3. The van der Waals surface area contributed by atoms with Crippen molar-refractivity contribution in [3.8, 4) is 11.5 Å². The fraction of sp³-hybridized carbons (Fsp3) is 0.182. The van der Waals surface area contributed by atoms with Gasteiger partial charge in [0, 0.05) is 11.9 Å². The molecule has 0 saturated heterocycles. The quantitative estimate of drug-likeness (QED) is 0.814. The molecule has 0 radical (unpaired) electrons. The highest BCUT2D eigenvalue weighted by Gasteiger charge is 2.11. The van der Waals surface area contributed by atoms with Crippen molar-refractivity contribution in [2.45, 2.75) is 13.3 Å². The number of aromatic amines is 1. The van der Waals surface area contributed by atoms with Gasteiger partial charge in [0.2, 0.25) is 0 Å². The van der Waals surface area contributed by atoms with Crippen LogP contribution in [-0.2, 0) is 11.2 Å². The lowest BCUT2D eigenvalue weighted by Gasteiger charge is -1.92. The van der Waals surface area contributed by atoms with E-state index in [4.69, 9.17) is 5.11 Å². The first kappa shape index (κ1) is 10.4. The van der Waals surface area contributed by atoms with Gasteiger partial charge in [-0.1, -0.05) is 6.07 Å². The number of carboxylic acids is 1. The number of hydrogen-bond donors (Lipinski definition) is 2. The Kier molecular flexibility index (Phi) is 2.68. The van der Waals surface area contributed by atoms with Gasteiger partial charge in [0.25, 0.3) is 0 Å². The van der Waals surface area contributed by atoms with Crippen LogP contribution in [0.3, 0.4) is 0 Å². The van der Waals surface area contributed by atoms with E-state index in [1.165, 1.54) is 0 Å². The molecule has 2 aromatic heterocycles. The van der Waals surface area contributed by atoms with E-state index in [9.17, 15) is 4.79 Å². The van der Waals surface area contributed by atoms with Crippen molar-refractivity contribution in [1.29, 1.82) is 0 Å². The summed E-state index contributed by atoms with van der Waals surface area (Å²) in [5.41, 5.74) is 2.03. The average molecular weight is 217 g/mol. The summed E-state index contributed by atoms with van der Waals surface area (Å²) in [4.78, 5) is 22.0. The van der Waals surface area contributed by atoms with E-state index in [1.807, 2.05) is 18.2 Å². The number of carbonyl (C=O) groups is 1. The summed E-state index contributed by atoms with van der Waals surface area (Å²) in [6.07, 6.45) is 1.60. The maximum absolute atomic E-state index is 10.6. The molecule has 0 aliphatic carbocycles. The molecule has 0 saturated carbocycles. The second-order valence-electron chi connectivity index (χ2n) is 3.44. The number of rotatable bonds is 3. The highest BCUT2D eigenvalue weighted by molar-refractivity contribution is 5.70. The Balaban J connectivity index is 2.34. The van der Waals surface area contributed by atoms with Gasteiger partial charge in [-0.05, 0) is 19.1 Å². The molecule has 0 fully saturated rings. The second kappa shape index (κ2) is 4.14. The summed E-state index contributed by atoms with van der Waals surface area (Å²) >= 11 is 0. The van der Waals surface area contributed by atoms with Gasteiger partial charge >= 0.3 is 5.97 Å². The molecule has 2 rings (SSSR count). The van der Waals surface area contributed by atoms with Crippen LogP contribution in [0, 0.1) is 6.92 Å². The summed E-state index contributed by atoms with van der Waals surface area (Å²) in [5, 5.41) is 8.70. The number of carboxylic acid groups (broad SMARTS) is 1. The van der Waals surface area contributed by atoms with Crippen LogP contribution in [0.2, 0.25) is 0 Å². The molecule has 5 heteroatoms. The van der Waals surface area contributed by atoms with E-state index in [2.05, 4.69) is 15.0 Å². The summed E-state index contributed by atoms with van der Waals surface area (Å²) in [7, 11) is 0. The normalized spacial score (nSPS) is 10.3. The Bertz CT molecular complexity index is 505. The number of nitrogens with zero attached hydrogens (tertiary/aromatic N) is 2. The van der Waals surface area contributed by atoms with Crippen molar-refractivity contribution in [2.24, 2.45) is 0 Å². The molecule has 0 bridgehead atoms. The molecular weight excluding hydrogens is 206 g/mol. The number of nitrogens with one attached hydrogen (secondary N) is 1. The third-order valence-corrected chi connectivity index (χ3v) is 2.21. The Labute approximate surface area is 92.2 Å². The highest BCUT2D eigenvalue weighted by Crippen LogP contribution is 2.15. The molecule has 0 unspecified atom stereocenters. The van der Waals surface area contributed by atoms with Crippen molar-refractivity contribution >= 4 is 5.97 Å². The van der Waals surface area contributed by atoms with Crippen LogP contribution in [0.4, 0.5) is 0 Å². The van der Waals surface area contributed by atoms with Gasteiger partial charge in [0.1, 0.15) is 5.69 Å². The maximum atomic E-state index is 10.6. The molecule has 0 amide bonds. The van der Waals surface area contributed by atoms with E-state index in [0.29, 0.717) is 17.2 Å². The molecule has 2 N–H and O–H groups in total. The van der Waals surface area contributed by atoms with Crippen molar-refractivity contribution in [3.63, 3.8) is 0 Å². The van der Waals surface area contributed by atoms with E-state index < -0.39 is 5.97 Å². The maximum Gasteiger partial charge on any atom is 0.309 e. The summed E-state index contributed by atoms with van der Waals surface area (Å²) in [6, 6.07) is 5.50. The number of aryl methyl sites for hydroxylation is 1. The summed E-state index contributed by atoms with van der Waals surface area (Å²) in [6.45, 7) is 1.80. The molecule has 5 nitrogen and oxygen atoms in total. The second-order valence-corrected chi connectivity index (χ2v) is 3.44. The van der Waals surface area contributed by atoms with Crippen LogP contribution >= 0.6 is 0 Å². The average Bonchev–Trinajstić information content (AvgIpc) is 2.61. The topological polar surface area (TPSA) is 78.9 Å². The van der Waals surface area contributed by atoms with E-state index >= 15 is 0 Å². The lowest BCUT2D eigenvalue weighted by molar-refractivity contribution is -0.136. The minimum atomic E-state index is -0.887.